The van der Waals surface area contributed by atoms with Crippen molar-refractivity contribution in [2.24, 2.45) is 23.2 Å². The van der Waals surface area contributed by atoms with Crippen LogP contribution in [-0.4, -0.2) is 35.5 Å². The first kappa shape index (κ1) is 14.0. The molecule has 4 aliphatic rings. The first-order valence-corrected chi connectivity index (χ1v) is 8.54. The quantitative estimate of drug-likeness (QED) is 0.810. The summed E-state index contributed by atoms with van der Waals surface area (Å²) in [6, 6.07) is 0. The highest BCUT2D eigenvalue weighted by Gasteiger charge is 2.58. The molecule has 2 aliphatic heterocycles. The SMILES string of the molecule is CC1CC2OC2CC1CCC1(C(=O)O)CC2OC2CC1C. The Labute approximate surface area is 126 Å². The summed E-state index contributed by atoms with van der Waals surface area (Å²) < 4.78 is 11.3. The lowest BCUT2D eigenvalue weighted by atomic mass is 9.63. The summed E-state index contributed by atoms with van der Waals surface area (Å²) in [7, 11) is 0. The maximum Gasteiger partial charge on any atom is 0.310 e. The molecule has 1 N–H and O–H groups in total. The summed E-state index contributed by atoms with van der Waals surface area (Å²) in [4.78, 5) is 12.0. The zero-order chi connectivity index (χ0) is 14.8. The number of carbonyl (C=O) groups is 1. The van der Waals surface area contributed by atoms with Crippen molar-refractivity contribution in [3.05, 3.63) is 0 Å². The maximum absolute atomic E-state index is 12.0. The number of aliphatic carboxylic acids is 1. The van der Waals surface area contributed by atoms with Gasteiger partial charge in [-0.15, -0.1) is 0 Å². The highest BCUT2D eigenvalue weighted by Crippen LogP contribution is 2.54. The number of carboxylic acids is 1. The van der Waals surface area contributed by atoms with Gasteiger partial charge in [-0.3, -0.25) is 4.79 Å². The minimum atomic E-state index is -0.604. The van der Waals surface area contributed by atoms with Gasteiger partial charge in [0.25, 0.3) is 0 Å². The van der Waals surface area contributed by atoms with Crippen molar-refractivity contribution in [3.8, 4) is 0 Å². The van der Waals surface area contributed by atoms with Crippen molar-refractivity contribution < 1.29 is 19.4 Å². The van der Waals surface area contributed by atoms with Crippen LogP contribution in [0.2, 0.25) is 0 Å². The number of hydrogen-bond donors (Lipinski definition) is 1. The van der Waals surface area contributed by atoms with E-state index in [0.29, 0.717) is 30.1 Å². The van der Waals surface area contributed by atoms with Crippen molar-refractivity contribution in [2.75, 3.05) is 0 Å². The summed E-state index contributed by atoms with van der Waals surface area (Å²) in [5.74, 6) is 0.925. The molecule has 2 saturated heterocycles. The molecule has 0 bridgehead atoms. The van der Waals surface area contributed by atoms with Crippen molar-refractivity contribution >= 4 is 5.97 Å². The molecule has 0 amide bonds. The Kier molecular flexibility index (Phi) is 3.13. The zero-order valence-corrected chi connectivity index (χ0v) is 13.0. The second kappa shape index (κ2) is 4.69. The molecular formula is C17H26O4. The molecule has 0 spiro atoms. The van der Waals surface area contributed by atoms with Crippen LogP contribution in [0.5, 0.6) is 0 Å². The number of rotatable bonds is 4. The molecule has 0 aromatic carbocycles. The van der Waals surface area contributed by atoms with Gasteiger partial charge in [-0.25, -0.2) is 0 Å². The van der Waals surface area contributed by atoms with Crippen LogP contribution in [0.25, 0.3) is 0 Å². The minimum absolute atomic E-state index is 0.220. The van der Waals surface area contributed by atoms with Crippen LogP contribution in [0.4, 0.5) is 0 Å². The molecular weight excluding hydrogens is 268 g/mol. The number of epoxide rings is 2. The van der Waals surface area contributed by atoms with Gasteiger partial charge in [-0.05, 0) is 56.3 Å². The first-order chi connectivity index (χ1) is 9.99. The Morgan fingerprint density at radius 1 is 1.10 bits per heavy atom. The third kappa shape index (κ3) is 2.31. The second-order valence-corrected chi connectivity index (χ2v) is 7.98. The van der Waals surface area contributed by atoms with Crippen LogP contribution in [0.1, 0.15) is 52.4 Å². The smallest absolute Gasteiger partial charge is 0.310 e. The van der Waals surface area contributed by atoms with Gasteiger partial charge in [0.05, 0.1) is 29.8 Å². The number of fused-ring (bicyclic) bond motifs is 2. The normalized spacial score (nSPS) is 54.5. The molecule has 2 saturated carbocycles. The summed E-state index contributed by atoms with van der Waals surface area (Å²) in [5, 5.41) is 9.87. The molecule has 118 valence electrons. The molecule has 0 radical (unpaired) electrons. The Hall–Kier alpha value is -0.610. The first-order valence-electron chi connectivity index (χ1n) is 8.54. The highest BCUT2D eigenvalue weighted by atomic mass is 16.6. The molecule has 4 fully saturated rings. The fourth-order valence-corrected chi connectivity index (χ4v) is 4.98. The molecule has 4 rings (SSSR count). The summed E-state index contributed by atoms with van der Waals surface area (Å²) in [5.41, 5.74) is -0.557. The van der Waals surface area contributed by atoms with Gasteiger partial charge >= 0.3 is 5.97 Å². The lowest BCUT2D eigenvalue weighted by Crippen LogP contribution is -2.43. The van der Waals surface area contributed by atoms with Crippen molar-refractivity contribution in [3.63, 3.8) is 0 Å². The van der Waals surface area contributed by atoms with Crippen LogP contribution >= 0.6 is 0 Å². The van der Waals surface area contributed by atoms with E-state index in [1.54, 1.807) is 0 Å². The van der Waals surface area contributed by atoms with E-state index in [1.807, 2.05) is 0 Å². The van der Waals surface area contributed by atoms with Gasteiger partial charge in [0, 0.05) is 0 Å². The van der Waals surface area contributed by atoms with E-state index >= 15 is 0 Å². The topological polar surface area (TPSA) is 62.4 Å². The van der Waals surface area contributed by atoms with Gasteiger partial charge < -0.3 is 14.6 Å². The van der Waals surface area contributed by atoms with Crippen LogP contribution in [0.3, 0.4) is 0 Å². The lowest BCUT2D eigenvalue weighted by Gasteiger charge is -2.39. The largest absolute Gasteiger partial charge is 0.481 e. The van der Waals surface area contributed by atoms with E-state index in [0.717, 1.165) is 32.1 Å². The average molecular weight is 294 g/mol. The van der Waals surface area contributed by atoms with E-state index in [1.165, 1.54) is 6.42 Å². The van der Waals surface area contributed by atoms with E-state index in [-0.39, 0.29) is 12.0 Å². The summed E-state index contributed by atoms with van der Waals surface area (Å²) in [6.07, 6.45) is 7.34. The molecule has 2 aliphatic carbocycles. The molecule has 21 heavy (non-hydrogen) atoms. The lowest BCUT2D eigenvalue weighted by molar-refractivity contribution is -0.155. The minimum Gasteiger partial charge on any atom is -0.481 e. The van der Waals surface area contributed by atoms with Crippen molar-refractivity contribution in [1.82, 2.24) is 0 Å². The van der Waals surface area contributed by atoms with Crippen LogP contribution < -0.4 is 0 Å². The molecule has 4 heteroatoms. The predicted octanol–water partition coefficient (Wildman–Crippen LogP) is 2.85. The fraction of sp³-hybridized carbons (Fsp3) is 0.941. The molecule has 0 aromatic heterocycles. The van der Waals surface area contributed by atoms with Gasteiger partial charge in [0.15, 0.2) is 0 Å². The third-order valence-corrected chi connectivity index (χ3v) is 6.80. The second-order valence-electron chi connectivity index (χ2n) is 7.98. The number of carboxylic acid groups (broad SMARTS) is 1. The zero-order valence-electron chi connectivity index (χ0n) is 13.0. The van der Waals surface area contributed by atoms with Gasteiger partial charge in [-0.2, -0.15) is 0 Å². The summed E-state index contributed by atoms with van der Waals surface area (Å²) >= 11 is 0. The molecule has 8 atom stereocenters. The molecule has 4 nitrogen and oxygen atoms in total. The maximum atomic E-state index is 12.0. The summed E-state index contributed by atoms with van der Waals surface area (Å²) in [6.45, 7) is 4.41. The number of hydrogen-bond acceptors (Lipinski definition) is 3. The van der Waals surface area contributed by atoms with Crippen molar-refractivity contribution in [2.45, 2.75) is 76.8 Å². The molecule has 2 heterocycles. The molecule has 8 unspecified atom stereocenters. The van der Waals surface area contributed by atoms with Crippen molar-refractivity contribution in [1.29, 1.82) is 0 Å². The third-order valence-electron chi connectivity index (χ3n) is 6.80. The average Bonchev–Trinajstić information content (AvgIpc) is 3.30. The van der Waals surface area contributed by atoms with E-state index < -0.39 is 11.4 Å². The Balaban J connectivity index is 1.44. The Morgan fingerprint density at radius 3 is 2.52 bits per heavy atom. The van der Waals surface area contributed by atoms with E-state index in [4.69, 9.17) is 9.47 Å². The number of ether oxygens (including phenoxy) is 2. The van der Waals surface area contributed by atoms with Crippen LogP contribution in [0.15, 0.2) is 0 Å². The Morgan fingerprint density at radius 2 is 1.76 bits per heavy atom. The fourth-order valence-electron chi connectivity index (χ4n) is 4.98. The van der Waals surface area contributed by atoms with E-state index in [9.17, 15) is 9.90 Å². The van der Waals surface area contributed by atoms with Gasteiger partial charge in [0.2, 0.25) is 0 Å². The van der Waals surface area contributed by atoms with Crippen LogP contribution in [0, 0.1) is 23.2 Å². The standard InChI is InChI=1S/C17H26O4/c1-9-5-12-14(20-12)7-11(9)3-4-17(16(18)19)8-15-13(21-15)6-10(17)2/h9-15H,3-8H2,1-2H3,(H,18,19). The Bertz CT molecular complexity index is 450. The van der Waals surface area contributed by atoms with Crippen LogP contribution in [-0.2, 0) is 14.3 Å². The van der Waals surface area contributed by atoms with Gasteiger partial charge in [0.1, 0.15) is 0 Å². The van der Waals surface area contributed by atoms with Gasteiger partial charge in [-0.1, -0.05) is 13.8 Å². The predicted molar refractivity (Wildman–Crippen MR) is 76.9 cm³/mol. The molecule has 0 aromatic rings. The monoisotopic (exact) mass is 294 g/mol. The van der Waals surface area contributed by atoms with E-state index in [2.05, 4.69) is 13.8 Å². The highest BCUT2D eigenvalue weighted by molar-refractivity contribution is 5.75.